The fourth-order valence-corrected chi connectivity index (χ4v) is 2.66. The molecule has 0 heterocycles. The molecule has 0 N–H and O–H groups in total. The fourth-order valence-electron chi connectivity index (χ4n) is 0.921. The summed E-state index contributed by atoms with van der Waals surface area (Å²) < 4.78 is 0.822. The average molecular weight is 335 g/mol. The van der Waals surface area contributed by atoms with Gasteiger partial charge >= 0.3 is 0 Å². The van der Waals surface area contributed by atoms with Crippen molar-refractivity contribution < 1.29 is 0 Å². The van der Waals surface area contributed by atoms with E-state index in [2.05, 4.69) is 22.6 Å². The van der Waals surface area contributed by atoms with Gasteiger partial charge in [-0.25, -0.2) is 0 Å². The largest absolute Gasteiger partial charge is 0.133 e. The molecule has 0 aliphatic carbocycles. The third kappa shape index (κ3) is 2.41. The number of rotatable bonds is 2. The second-order valence-corrected chi connectivity index (χ2v) is 4.51. The van der Waals surface area contributed by atoms with Crippen LogP contribution < -0.4 is 0 Å². The zero-order chi connectivity index (χ0) is 9.14. The maximum absolute atomic E-state index is 5.95. The van der Waals surface area contributed by atoms with Crippen LogP contribution in [-0.4, -0.2) is 0 Å². The average Bonchev–Trinajstić information content (AvgIpc) is 2.03. The number of halogens is 4. The lowest BCUT2D eigenvalue weighted by Crippen LogP contribution is -1.90. The zero-order valence-electron chi connectivity index (χ0n) is 6.03. The van der Waals surface area contributed by atoms with E-state index < -0.39 is 4.84 Å². The Bertz CT molecular complexity index is 273. The molecule has 0 amide bonds. The van der Waals surface area contributed by atoms with Crippen LogP contribution in [0.1, 0.15) is 16.0 Å². The van der Waals surface area contributed by atoms with Crippen molar-refractivity contribution in [1.82, 2.24) is 0 Å². The molecule has 1 aromatic carbocycles. The molecule has 1 rings (SSSR count). The zero-order valence-corrected chi connectivity index (χ0v) is 10.5. The second kappa shape index (κ2) is 4.89. The van der Waals surface area contributed by atoms with E-state index in [1.807, 2.05) is 18.2 Å². The minimum absolute atomic E-state index is 0.492. The SMILES string of the molecule is Clc1cccc(C(Cl)Cl)c1CI. The highest BCUT2D eigenvalue weighted by molar-refractivity contribution is 14.1. The van der Waals surface area contributed by atoms with Gasteiger partial charge in [-0.1, -0.05) is 46.3 Å². The van der Waals surface area contributed by atoms with E-state index >= 15 is 0 Å². The molecule has 0 unspecified atom stereocenters. The monoisotopic (exact) mass is 334 g/mol. The molecule has 0 radical (unpaired) electrons. The summed E-state index contributed by atoms with van der Waals surface area (Å²) in [6.07, 6.45) is 0. The highest BCUT2D eigenvalue weighted by Gasteiger charge is 2.10. The van der Waals surface area contributed by atoms with E-state index in [4.69, 9.17) is 34.8 Å². The first-order valence-corrected chi connectivity index (χ1v) is 6.06. The van der Waals surface area contributed by atoms with Crippen LogP contribution in [0.25, 0.3) is 0 Å². The van der Waals surface area contributed by atoms with Gasteiger partial charge in [0.15, 0.2) is 0 Å². The molecule has 66 valence electrons. The predicted molar refractivity (Wildman–Crippen MR) is 63.6 cm³/mol. The van der Waals surface area contributed by atoms with Gasteiger partial charge in [0.2, 0.25) is 0 Å². The minimum atomic E-state index is -0.492. The lowest BCUT2D eigenvalue weighted by atomic mass is 10.1. The summed E-state index contributed by atoms with van der Waals surface area (Å²) in [7, 11) is 0. The van der Waals surface area contributed by atoms with Crippen LogP contribution in [0.3, 0.4) is 0 Å². The number of benzene rings is 1. The quantitative estimate of drug-likeness (QED) is 0.540. The molecule has 0 spiro atoms. The molecule has 0 aliphatic heterocycles. The fraction of sp³-hybridized carbons (Fsp3) is 0.250. The van der Waals surface area contributed by atoms with Crippen LogP contribution >= 0.6 is 57.4 Å². The number of hydrogen-bond donors (Lipinski definition) is 0. The van der Waals surface area contributed by atoms with Crippen molar-refractivity contribution in [3.63, 3.8) is 0 Å². The lowest BCUT2D eigenvalue weighted by Gasteiger charge is -2.08. The molecule has 1 aromatic rings. The van der Waals surface area contributed by atoms with E-state index in [-0.39, 0.29) is 0 Å². The summed E-state index contributed by atoms with van der Waals surface area (Å²) in [5.41, 5.74) is 1.93. The maximum atomic E-state index is 5.95. The van der Waals surface area contributed by atoms with Gasteiger partial charge in [0, 0.05) is 9.45 Å². The first kappa shape index (κ1) is 10.9. The molecule has 0 atom stereocenters. The topological polar surface area (TPSA) is 0 Å². The van der Waals surface area contributed by atoms with Crippen LogP contribution in [0, 0.1) is 0 Å². The van der Waals surface area contributed by atoms with Gasteiger partial charge in [0.25, 0.3) is 0 Å². The Balaban J connectivity index is 3.18. The van der Waals surface area contributed by atoms with Crippen molar-refractivity contribution in [3.8, 4) is 0 Å². The summed E-state index contributed by atoms with van der Waals surface area (Å²) in [5, 5.41) is 0.730. The summed E-state index contributed by atoms with van der Waals surface area (Å²) in [5.74, 6) is 0. The van der Waals surface area contributed by atoms with Gasteiger partial charge < -0.3 is 0 Å². The molecule has 0 aromatic heterocycles. The molecule has 12 heavy (non-hydrogen) atoms. The Morgan fingerprint density at radius 1 is 1.33 bits per heavy atom. The normalized spacial score (nSPS) is 10.8. The van der Waals surface area contributed by atoms with Crippen molar-refractivity contribution in [3.05, 3.63) is 34.3 Å². The molecular formula is C8H6Cl3I. The highest BCUT2D eigenvalue weighted by atomic mass is 127. The Hall–Kier alpha value is 0.820. The van der Waals surface area contributed by atoms with E-state index in [1.54, 1.807) is 0 Å². The number of hydrogen-bond acceptors (Lipinski definition) is 0. The second-order valence-electron chi connectivity index (χ2n) is 2.24. The summed E-state index contributed by atoms with van der Waals surface area (Å²) in [6.45, 7) is 0. The Kier molecular flexibility index (Phi) is 4.44. The van der Waals surface area contributed by atoms with Crippen molar-refractivity contribution in [2.45, 2.75) is 9.26 Å². The lowest BCUT2D eigenvalue weighted by molar-refractivity contribution is 1.26. The summed E-state index contributed by atoms with van der Waals surface area (Å²) >= 11 is 19.7. The maximum Gasteiger partial charge on any atom is 0.133 e. The van der Waals surface area contributed by atoms with Crippen molar-refractivity contribution in [2.24, 2.45) is 0 Å². The minimum Gasteiger partial charge on any atom is -0.100 e. The van der Waals surface area contributed by atoms with Gasteiger partial charge in [-0.15, -0.1) is 23.2 Å². The third-order valence-corrected chi connectivity index (χ3v) is 3.11. The number of alkyl halides is 3. The summed E-state index contributed by atoms with van der Waals surface area (Å²) in [4.78, 5) is -0.492. The van der Waals surface area contributed by atoms with Gasteiger partial charge in [0.1, 0.15) is 4.84 Å². The molecule has 0 saturated heterocycles. The van der Waals surface area contributed by atoms with E-state index in [0.717, 1.165) is 20.6 Å². The van der Waals surface area contributed by atoms with Crippen LogP contribution in [-0.2, 0) is 4.43 Å². The molecule has 4 heteroatoms. The standard InChI is InChI=1S/C8H6Cl3I/c9-7-3-1-2-5(8(10)11)6(7)4-12/h1-3,8H,4H2. The highest BCUT2D eigenvalue weighted by Crippen LogP contribution is 2.32. The smallest absolute Gasteiger partial charge is 0.100 e. The van der Waals surface area contributed by atoms with Crippen molar-refractivity contribution in [1.29, 1.82) is 0 Å². The van der Waals surface area contributed by atoms with Crippen LogP contribution in [0.15, 0.2) is 18.2 Å². The van der Waals surface area contributed by atoms with E-state index in [1.165, 1.54) is 0 Å². The Morgan fingerprint density at radius 3 is 2.42 bits per heavy atom. The molecule has 0 saturated carbocycles. The van der Waals surface area contributed by atoms with Crippen LogP contribution in [0.5, 0.6) is 0 Å². The van der Waals surface area contributed by atoms with E-state index in [9.17, 15) is 0 Å². The molecule has 0 nitrogen and oxygen atoms in total. The van der Waals surface area contributed by atoms with Crippen molar-refractivity contribution >= 4 is 57.4 Å². The van der Waals surface area contributed by atoms with Gasteiger partial charge in [-0.2, -0.15) is 0 Å². The van der Waals surface area contributed by atoms with E-state index in [0.29, 0.717) is 0 Å². The summed E-state index contributed by atoms with van der Waals surface area (Å²) in [6, 6.07) is 5.59. The molecular weight excluding hydrogens is 329 g/mol. The Morgan fingerprint density at radius 2 is 2.00 bits per heavy atom. The predicted octanol–water partition coefficient (Wildman–Crippen LogP) is 4.75. The van der Waals surface area contributed by atoms with Crippen molar-refractivity contribution in [2.75, 3.05) is 0 Å². The van der Waals surface area contributed by atoms with Gasteiger partial charge in [0.05, 0.1) is 0 Å². The molecule has 0 bridgehead atoms. The van der Waals surface area contributed by atoms with Gasteiger partial charge in [-0.3, -0.25) is 0 Å². The van der Waals surface area contributed by atoms with Crippen LogP contribution in [0.2, 0.25) is 5.02 Å². The Labute approximate surface area is 100 Å². The van der Waals surface area contributed by atoms with Gasteiger partial charge in [-0.05, 0) is 17.2 Å². The third-order valence-electron chi connectivity index (χ3n) is 1.52. The first-order chi connectivity index (χ1) is 5.66. The molecule has 0 aliphatic rings. The molecule has 0 fully saturated rings. The van der Waals surface area contributed by atoms with Crippen LogP contribution in [0.4, 0.5) is 0 Å². The first-order valence-electron chi connectivity index (χ1n) is 3.28.